The molecule has 0 saturated carbocycles. The molecule has 1 fully saturated rings. The van der Waals surface area contributed by atoms with Gasteiger partial charge in [-0.25, -0.2) is 4.79 Å². The summed E-state index contributed by atoms with van der Waals surface area (Å²) in [6, 6.07) is 11.8. The number of carbonyl (C=O) groups excluding carboxylic acids is 1. The summed E-state index contributed by atoms with van der Waals surface area (Å²) in [5, 5.41) is 12.1. The predicted octanol–water partition coefficient (Wildman–Crippen LogP) is 4.73. The van der Waals surface area contributed by atoms with Crippen LogP contribution in [0.15, 0.2) is 53.0 Å². The van der Waals surface area contributed by atoms with Gasteiger partial charge in [0.25, 0.3) is 5.91 Å². The van der Waals surface area contributed by atoms with Crippen molar-refractivity contribution < 1.29 is 27.9 Å². The van der Waals surface area contributed by atoms with Gasteiger partial charge in [0, 0.05) is 35.1 Å². The Balaban J connectivity index is 1.85. The average Bonchev–Trinajstić information content (AvgIpc) is 2.67. The SMILES string of the molecule is O=C(NC1CCN(C(=O)O)CC1c1ccccc1)c1cc(Br)cc(C(F)(F)F)c1. The summed E-state index contributed by atoms with van der Waals surface area (Å²) in [5.74, 6) is -0.939. The highest BCUT2D eigenvalue weighted by Crippen LogP contribution is 2.32. The van der Waals surface area contributed by atoms with Gasteiger partial charge in [-0.3, -0.25) is 4.79 Å². The number of likely N-dealkylation sites (tertiary alicyclic amines) is 1. The molecule has 1 aliphatic heterocycles. The van der Waals surface area contributed by atoms with E-state index in [0.717, 1.165) is 17.7 Å². The molecule has 5 nitrogen and oxygen atoms in total. The van der Waals surface area contributed by atoms with E-state index in [9.17, 15) is 27.9 Å². The monoisotopic (exact) mass is 470 g/mol. The lowest BCUT2D eigenvalue weighted by molar-refractivity contribution is -0.137. The van der Waals surface area contributed by atoms with Gasteiger partial charge in [-0.2, -0.15) is 13.2 Å². The molecule has 2 unspecified atom stereocenters. The number of benzene rings is 2. The van der Waals surface area contributed by atoms with Crippen LogP contribution in [0.3, 0.4) is 0 Å². The molecule has 1 aliphatic rings. The highest BCUT2D eigenvalue weighted by atomic mass is 79.9. The van der Waals surface area contributed by atoms with Gasteiger partial charge in [0.15, 0.2) is 0 Å². The number of carbonyl (C=O) groups is 2. The number of nitrogens with zero attached hydrogens (tertiary/aromatic N) is 1. The van der Waals surface area contributed by atoms with Crippen molar-refractivity contribution in [3.63, 3.8) is 0 Å². The first-order valence-corrected chi connectivity index (χ1v) is 9.66. The highest BCUT2D eigenvalue weighted by molar-refractivity contribution is 9.10. The topological polar surface area (TPSA) is 69.6 Å². The van der Waals surface area contributed by atoms with Gasteiger partial charge < -0.3 is 15.3 Å². The van der Waals surface area contributed by atoms with E-state index in [2.05, 4.69) is 21.2 Å². The van der Waals surface area contributed by atoms with Crippen LogP contribution in [-0.4, -0.2) is 41.1 Å². The first-order valence-electron chi connectivity index (χ1n) is 8.86. The highest BCUT2D eigenvalue weighted by Gasteiger charge is 2.35. The molecule has 29 heavy (non-hydrogen) atoms. The molecule has 154 valence electrons. The van der Waals surface area contributed by atoms with E-state index in [-0.39, 0.29) is 29.0 Å². The van der Waals surface area contributed by atoms with Gasteiger partial charge in [0.1, 0.15) is 0 Å². The van der Waals surface area contributed by atoms with Crippen LogP contribution in [0.1, 0.15) is 33.8 Å². The maximum atomic E-state index is 13.1. The van der Waals surface area contributed by atoms with E-state index in [1.807, 2.05) is 30.3 Å². The molecular weight excluding hydrogens is 453 g/mol. The molecule has 0 aromatic heterocycles. The van der Waals surface area contributed by atoms with E-state index in [0.29, 0.717) is 6.42 Å². The van der Waals surface area contributed by atoms with E-state index in [4.69, 9.17) is 0 Å². The summed E-state index contributed by atoms with van der Waals surface area (Å²) in [7, 11) is 0. The maximum Gasteiger partial charge on any atom is 0.416 e. The van der Waals surface area contributed by atoms with Crippen LogP contribution < -0.4 is 5.32 Å². The zero-order valence-corrected chi connectivity index (χ0v) is 16.7. The Labute approximate surface area is 173 Å². The number of hydrogen-bond acceptors (Lipinski definition) is 2. The van der Waals surface area contributed by atoms with Crippen LogP contribution in [-0.2, 0) is 6.18 Å². The largest absolute Gasteiger partial charge is 0.465 e. The summed E-state index contributed by atoms with van der Waals surface area (Å²) in [6.45, 7) is 0.423. The number of carboxylic acid groups (broad SMARTS) is 1. The van der Waals surface area contributed by atoms with Crippen molar-refractivity contribution >= 4 is 27.9 Å². The quantitative estimate of drug-likeness (QED) is 0.680. The summed E-state index contributed by atoms with van der Waals surface area (Å²) in [5.41, 5.74) is -0.175. The Morgan fingerprint density at radius 2 is 1.83 bits per heavy atom. The lowest BCUT2D eigenvalue weighted by atomic mass is 9.86. The summed E-state index contributed by atoms with van der Waals surface area (Å²) in [6.07, 6.45) is -5.26. The zero-order valence-electron chi connectivity index (χ0n) is 15.1. The third kappa shape index (κ3) is 5.09. The Hall–Kier alpha value is -2.55. The van der Waals surface area contributed by atoms with E-state index in [1.165, 1.54) is 11.0 Å². The first-order chi connectivity index (χ1) is 13.6. The number of piperidine rings is 1. The van der Waals surface area contributed by atoms with Crippen molar-refractivity contribution in [2.75, 3.05) is 13.1 Å². The third-order valence-electron chi connectivity index (χ3n) is 4.91. The van der Waals surface area contributed by atoms with Crippen LogP contribution >= 0.6 is 15.9 Å². The number of hydrogen-bond donors (Lipinski definition) is 2. The summed E-state index contributed by atoms with van der Waals surface area (Å²) < 4.78 is 39.3. The van der Waals surface area contributed by atoms with Crippen LogP contribution in [0, 0.1) is 0 Å². The molecule has 2 aromatic rings. The van der Waals surface area contributed by atoms with Crippen molar-refractivity contribution in [1.82, 2.24) is 10.2 Å². The lowest BCUT2D eigenvalue weighted by Crippen LogP contribution is -2.51. The van der Waals surface area contributed by atoms with Crippen LogP contribution in [0.25, 0.3) is 0 Å². The van der Waals surface area contributed by atoms with E-state index >= 15 is 0 Å². The Morgan fingerprint density at radius 1 is 1.14 bits per heavy atom. The van der Waals surface area contributed by atoms with Crippen LogP contribution in [0.4, 0.5) is 18.0 Å². The van der Waals surface area contributed by atoms with E-state index in [1.54, 1.807) is 0 Å². The Kier molecular flexibility index (Phi) is 6.16. The molecule has 2 amide bonds. The molecule has 2 aromatic carbocycles. The number of alkyl halides is 3. The summed E-state index contributed by atoms with van der Waals surface area (Å²) >= 11 is 3.02. The van der Waals surface area contributed by atoms with Gasteiger partial charge in [0.05, 0.1) is 5.56 Å². The molecule has 2 N–H and O–H groups in total. The number of halogens is 4. The first kappa shape index (κ1) is 21.2. The standard InChI is InChI=1S/C20H18BrF3N2O3/c21-15-9-13(8-14(10-15)20(22,23)24)18(27)25-17-6-7-26(19(28)29)11-16(17)12-4-2-1-3-5-12/h1-5,8-10,16-17H,6-7,11H2,(H,25,27)(H,28,29). The van der Waals surface area contributed by atoms with E-state index < -0.39 is 29.8 Å². The van der Waals surface area contributed by atoms with Crippen molar-refractivity contribution in [2.45, 2.75) is 24.6 Å². The summed E-state index contributed by atoms with van der Waals surface area (Å²) in [4.78, 5) is 25.4. The van der Waals surface area contributed by atoms with Gasteiger partial charge in [-0.1, -0.05) is 46.3 Å². The predicted molar refractivity (Wildman–Crippen MR) is 104 cm³/mol. The fraction of sp³-hybridized carbons (Fsp3) is 0.300. The molecule has 2 atom stereocenters. The number of amides is 2. The molecular formula is C20H18BrF3N2O3. The minimum atomic E-state index is -4.57. The fourth-order valence-electron chi connectivity index (χ4n) is 3.47. The Morgan fingerprint density at radius 3 is 2.45 bits per heavy atom. The fourth-order valence-corrected chi connectivity index (χ4v) is 3.97. The van der Waals surface area contributed by atoms with Crippen molar-refractivity contribution in [3.8, 4) is 0 Å². The second-order valence-corrected chi connectivity index (χ2v) is 7.76. The minimum Gasteiger partial charge on any atom is -0.465 e. The smallest absolute Gasteiger partial charge is 0.416 e. The Bertz CT molecular complexity index is 906. The van der Waals surface area contributed by atoms with Crippen molar-refractivity contribution in [2.24, 2.45) is 0 Å². The molecule has 3 rings (SSSR count). The minimum absolute atomic E-state index is 0.112. The van der Waals surface area contributed by atoms with Crippen LogP contribution in [0.2, 0.25) is 0 Å². The van der Waals surface area contributed by atoms with Crippen molar-refractivity contribution in [1.29, 1.82) is 0 Å². The van der Waals surface area contributed by atoms with Gasteiger partial charge in [-0.05, 0) is 30.2 Å². The second-order valence-electron chi connectivity index (χ2n) is 6.84. The zero-order chi connectivity index (χ0) is 21.2. The molecule has 0 radical (unpaired) electrons. The molecule has 0 spiro atoms. The third-order valence-corrected chi connectivity index (χ3v) is 5.37. The number of rotatable bonds is 3. The normalized spacial score (nSPS) is 19.7. The molecule has 0 bridgehead atoms. The van der Waals surface area contributed by atoms with Crippen molar-refractivity contribution in [3.05, 3.63) is 69.7 Å². The molecule has 0 aliphatic carbocycles. The van der Waals surface area contributed by atoms with Gasteiger partial charge in [-0.15, -0.1) is 0 Å². The molecule has 9 heteroatoms. The second kappa shape index (κ2) is 8.44. The van der Waals surface area contributed by atoms with Gasteiger partial charge >= 0.3 is 12.3 Å². The lowest BCUT2D eigenvalue weighted by Gasteiger charge is -2.38. The number of nitrogens with one attached hydrogen (secondary N) is 1. The molecule has 1 heterocycles. The van der Waals surface area contributed by atoms with Gasteiger partial charge in [0.2, 0.25) is 0 Å². The average molecular weight is 471 g/mol. The van der Waals surface area contributed by atoms with Crippen LogP contribution in [0.5, 0.6) is 0 Å². The molecule has 1 saturated heterocycles. The maximum absolute atomic E-state index is 13.1.